The first-order valence-corrected chi connectivity index (χ1v) is 49.6. The minimum absolute atomic E-state index is 0.0264. The van der Waals surface area contributed by atoms with Crippen molar-refractivity contribution in [1.29, 1.82) is 0 Å². The Labute approximate surface area is 842 Å². The van der Waals surface area contributed by atoms with E-state index in [0.29, 0.717) is 34.1 Å². The molecule has 148 heavy (non-hydrogen) atoms. The van der Waals surface area contributed by atoms with Crippen molar-refractivity contribution in [2.75, 3.05) is 34.0 Å². The summed E-state index contributed by atoms with van der Waals surface area (Å²) in [6.45, 7) is 0.691. The van der Waals surface area contributed by atoms with E-state index in [4.69, 9.17) is 47.4 Å². The van der Waals surface area contributed by atoms with Gasteiger partial charge in [-0.2, -0.15) is 0 Å². The van der Waals surface area contributed by atoms with Gasteiger partial charge in [0.1, 0.15) is 85.5 Å². The van der Waals surface area contributed by atoms with E-state index >= 15 is 0 Å². The average molecular weight is 2080 g/mol. The van der Waals surface area contributed by atoms with Crippen molar-refractivity contribution in [3.63, 3.8) is 0 Å². The number of hydrogen-bond donors (Lipinski definition) is 29. The van der Waals surface area contributed by atoms with E-state index in [0.717, 1.165) is 63.4 Å². The van der Waals surface area contributed by atoms with Gasteiger partial charge in [0.2, 0.25) is 80.4 Å². The zero-order chi connectivity index (χ0) is 105. The number of nitrogens with one attached hydrogen (secondary N) is 9. The average Bonchev–Trinajstić information content (AvgIpc) is 1.32. The van der Waals surface area contributed by atoms with Gasteiger partial charge < -0.3 is 197 Å². The molecule has 7 fully saturated rings. The Bertz CT molecular complexity index is 6370. The summed E-state index contributed by atoms with van der Waals surface area (Å²) < 4.78 is 52.9. The van der Waals surface area contributed by atoms with Gasteiger partial charge in [0.05, 0.1) is 99.6 Å². The Morgan fingerprint density at radius 3 is 0.973 bits per heavy atom. The van der Waals surface area contributed by atoms with Crippen LogP contribution in [0.1, 0.15) is 202 Å². The summed E-state index contributed by atoms with van der Waals surface area (Å²) in [5, 5.41) is 237. The topological polar surface area (TPSA) is 759 Å². The first-order valence-electron chi connectivity index (χ1n) is 48.7. The number of carbonyl (C=O) groups is 9. The minimum Gasteiger partial charge on any atom is -0.504 e. The Hall–Kier alpha value is -13.3. The second kappa shape index (κ2) is 40.6. The van der Waals surface area contributed by atoms with E-state index in [9.17, 15) is 145 Å². The maximum atomic E-state index is 13.0. The second-order valence-electron chi connectivity index (χ2n) is 39.8. The molecule has 49 heteroatoms. The van der Waals surface area contributed by atoms with Crippen molar-refractivity contribution in [3.8, 4) is 86.2 Å². The van der Waals surface area contributed by atoms with Crippen molar-refractivity contribution < 1.29 is 193 Å². The highest BCUT2D eigenvalue weighted by molar-refractivity contribution is 7.12. The van der Waals surface area contributed by atoms with Crippen LogP contribution in [0.25, 0.3) is 0 Å². The van der Waals surface area contributed by atoms with Gasteiger partial charge in [-0.3, -0.25) is 43.2 Å². The first kappa shape index (κ1) is 102. The largest absolute Gasteiger partial charge is 0.504 e. The smallest absolute Gasteiger partial charge is 0.261 e. The molecule has 7 saturated carbocycles. The Morgan fingerprint density at radius 2 is 0.642 bits per heavy atom. The number of fused-ring (bicyclic) bond motifs is 20. The van der Waals surface area contributed by atoms with E-state index in [2.05, 4.69) is 47.9 Å². The molecule has 0 unspecified atom stereocenters. The lowest BCUT2D eigenvalue weighted by molar-refractivity contribution is -0.138. The third-order valence-electron chi connectivity index (χ3n) is 31.5. The SMILES string of the molecule is CC(=O)N[C@H]1[C@H](O)[C@@H](O)[C@@H](O)[C@@H]2NC(=O)c3c(cc4c(c3O)OCO4)[C@@H]12.O=C(Cc1ccccc1)N[C@H]1[C@H](O)[C@@H](O)[C@@H](O)[C@@H]2NC(=O)c3c(cc4c(c3O)OCO4)[C@@H]12.O=C(N[C@H]1[C@H](O)[C@@H](O)[C@@H](O)[C@@H]2NC(=O)c3c(cc4c(c3O)OCO4)[C@@H]12)c1cccs1.O=C1N[C@H]2[C@H](O)[C@H](O)[C@@H](O)[C@H](CC3CCCCC3)[C@@H]2c2cc3c(c(O)c21)OCO3.O=C1N[C@H]2[C@H](O)[C@H](O)[C@@H](O)[C@H](NC(=O)C3CCCCC3)[C@@H]2c2cc3c(c(O)c21)OCO3. The number of amides is 9. The fourth-order valence-electron chi connectivity index (χ4n) is 24.5. The monoisotopic (exact) mass is 2080 g/mol. The van der Waals surface area contributed by atoms with Crippen molar-refractivity contribution in [2.24, 2.45) is 17.8 Å². The van der Waals surface area contributed by atoms with Crippen molar-refractivity contribution in [2.45, 2.75) is 259 Å². The molecule has 29 N–H and O–H groups in total. The van der Waals surface area contributed by atoms with Crippen molar-refractivity contribution >= 4 is 64.5 Å². The third kappa shape index (κ3) is 17.8. The van der Waals surface area contributed by atoms with Gasteiger partial charge in [0.15, 0.2) is 57.5 Å². The summed E-state index contributed by atoms with van der Waals surface area (Å²) in [5.74, 6) is -9.08. The number of aromatic hydroxyl groups is 5. The lowest BCUT2D eigenvalue weighted by atomic mass is 9.62. The van der Waals surface area contributed by atoms with E-state index in [1.807, 2.05) is 6.07 Å². The van der Waals surface area contributed by atoms with Crippen LogP contribution in [0.15, 0.2) is 78.2 Å². The molecule has 30 atom stereocenters. The molecule has 10 aliphatic heterocycles. The molecule has 0 spiro atoms. The molecule has 0 bridgehead atoms. The van der Waals surface area contributed by atoms with Crippen LogP contribution in [0.2, 0.25) is 0 Å². The van der Waals surface area contributed by atoms with Gasteiger partial charge >= 0.3 is 0 Å². The summed E-state index contributed by atoms with van der Waals surface area (Å²) in [6.07, 6.45) is -11.2. The Kier molecular flexibility index (Phi) is 28.0. The summed E-state index contributed by atoms with van der Waals surface area (Å²) in [5.41, 5.74) is 2.21. The molecule has 792 valence electrons. The number of phenols is 5. The molecule has 24 rings (SSSR count). The highest BCUT2D eigenvalue weighted by atomic mass is 32.1. The molecule has 0 saturated heterocycles. The predicted octanol–water partition coefficient (Wildman–Crippen LogP) is -3.19. The molecular formula is C99H111N9O39S. The number of ether oxygens (including phenoxy) is 10. The van der Waals surface area contributed by atoms with E-state index < -0.39 is 246 Å². The van der Waals surface area contributed by atoms with Gasteiger partial charge in [0.25, 0.3) is 35.4 Å². The van der Waals surface area contributed by atoms with Crippen LogP contribution in [-0.4, -0.2) is 335 Å². The van der Waals surface area contributed by atoms with Crippen LogP contribution in [0.3, 0.4) is 0 Å². The number of thiophene rings is 1. The Balaban J connectivity index is 0.000000112. The van der Waals surface area contributed by atoms with Crippen LogP contribution in [0.5, 0.6) is 86.2 Å². The number of aliphatic hydroxyl groups excluding tert-OH is 15. The summed E-state index contributed by atoms with van der Waals surface area (Å²) >= 11 is 1.20. The van der Waals surface area contributed by atoms with Crippen LogP contribution >= 0.6 is 11.3 Å². The van der Waals surface area contributed by atoms with Gasteiger partial charge in [-0.1, -0.05) is 87.8 Å². The quantitative estimate of drug-likeness (QED) is 0.0641. The molecule has 1 aromatic heterocycles. The second-order valence-corrected chi connectivity index (χ2v) is 40.8. The van der Waals surface area contributed by atoms with Gasteiger partial charge in [-0.15, -0.1) is 11.3 Å². The van der Waals surface area contributed by atoms with Gasteiger partial charge in [-0.05, 0) is 106 Å². The van der Waals surface area contributed by atoms with Crippen LogP contribution in [0.4, 0.5) is 0 Å². The Morgan fingerprint density at radius 1 is 0.338 bits per heavy atom. The molecule has 0 radical (unpaired) electrons. The van der Waals surface area contributed by atoms with Crippen molar-refractivity contribution in [1.82, 2.24) is 47.9 Å². The molecule has 11 heterocycles. The first-order chi connectivity index (χ1) is 70.9. The van der Waals surface area contributed by atoms with E-state index in [1.165, 1.54) is 48.9 Å². The fourth-order valence-corrected chi connectivity index (χ4v) is 25.1. The summed E-state index contributed by atoms with van der Waals surface area (Å²) in [6, 6.07) is 11.1. The van der Waals surface area contributed by atoms with Crippen molar-refractivity contribution in [3.05, 3.63) is 144 Å². The van der Waals surface area contributed by atoms with Gasteiger partial charge in [-0.25, -0.2) is 0 Å². The summed E-state index contributed by atoms with van der Waals surface area (Å²) in [4.78, 5) is 114. The number of aliphatic hydroxyl groups is 15. The molecule has 9 amide bonds. The fraction of sp³-hybridized carbons (Fsp3) is 0.505. The summed E-state index contributed by atoms with van der Waals surface area (Å²) in [7, 11) is 0. The van der Waals surface area contributed by atoms with E-state index in [-0.39, 0.29) is 160 Å². The van der Waals surface area contributed by atoms with Crippen LogP contribution < -0.4 is 95.2 Å². The highest BCUT2D eigenvalue weighted by Crippen LogP contribution is 2.59. The normalized spacial score (nSPS) is 33.3. The molecule has 7 aromatic rings. The number of carbonyl (C=O) groups excluding carboxylic acids is 9. The highest BCUT2D eigenvalue weighted by Gasteiger charge is 2.62. The maximum Gasteiger partial charge on any atom is 0.261 e. The molecule has 17 aliphatic rings. The zero-order valence-corrected chi connectivity index (χ0v) is 79.4. The molecule has 7 aliphatic carbocycles. The molecule has 6 aromatic carbocycles. The third-order valence-corrected chi connectivity index (χ3v) is 32.4. The van der Waals surface area contributed by atoms with Crippen LogP contribution in [-0.2, 0) is 20.8 Å². The minimum atomic E-state index is -1.61. The zero-order valence-electron chi connectivity index (χ0n) is 78.6. The van der Waals surface area contributed by atoms with E-state index in [1.54, 1.807) is 47.8 Å². The molecule has 48 nitrogen and oxygen atoms in total. The standard InChI is InChI=1S/C22H22N2O8.C21H26N2O8.C21H27NO7.C19H18N2O8S.C16H18N2O8/c25-12(6-9-4-2-1-3-5-9)23-15-13-10-7-11-21(32-8-31-11)17(26)14(10)22(30)24-16(13)19(28)20(29)18(15)27;24-15-12-9(6-10-19(15)31-7-30-10)11-13(22-20(28)8-4-2-1-3-5-8)16(25)18(27)17(26)14(11)23-21(12)29;23-16-11(6-9-4-2-1-3-5-9)13-10-7-12-20(29-8-28-12)17(24)14(10)21(27)22-15(13)18(25)19(16)26;22-13-10-6(4-7-17(13)29-5-28-7)9-11(20-18(26)8-2-1-3-30-8)14(23)16(25)15(24)12(9)21-19(10)27;1-4(19)17-9-7-5-2-6-15(26-3-25-6)11(20)8(5)16(24)18-10(7)13(22)14(23)12(9)21/h1-5,7,13,15-16,18-20,26-29H,6,8H2,(H,23,25)(H,24,30);6,8,11,13-14,16-18,24-27H,1-5,7H2,(H,22,28)(H,23,29);7,9,11,13,15-16,18-19,23-26H,1-6,8H2,(H,22,27);1-4,9,11-12,14-16,22-25H,5H2,(H,20,26)(H,21,27);2,7,9-10,12-14,20-23H,3H2,1H3,(H,17,19)(H,18,24)/t13-,15+,16+,18-,19-,20+;11-,13+,14+,16-,17-,18+;11-,13+,15-,16+,18+,19-;9-,11+,12+,14-,15-,16+;7-,9+,10+,12-,13-,14+/m00100/s1. The van der Waals surface area contributed by atoms with Gasteiger partial charge in [0, 0.05) is 42.4 Å². The predicted molar refractivity (Wildman–Crippen MR) is 500 cm³/mol. The maximum absolute atomic E-state index is 13.0. The molecular weight excluding hydrogens is 1970 g/mol. The lowest BCUT2D eigenvalue weighted by Crippen LogP contribution is -2.70. The number of hydrogen-bond acceptors (Lipinski definition) is 40. The lowest BCUT2D eigenvalue weighted by Gasteiger charge is -2.50. The number of phenolic OH excluding ortho intramolecular Hbond substituents is 5. The van der Waals surface area contributed by atoms with Crippen LogP contribution in [0, 0.1) is 17.8 Å². The number of benzene rings is 6. The number of rotatable bonds is 10.